The standard InChI is InChI=1S/C43H44N3OSi/c1-25-12-11-13-26(2)40(25)36-23-38-32-15-10-9-14-31(32)33-20-17-30-18-21-34-35-19-16-27(3)45-43(35)47-42(34)41(30)29(5)44-28(4)22-37(33)46(38)24-39(36)48(6,7)8/h9-16,18-19,21,23-24,33,37H,4,17,20,22H2,1-3,5-8H3/q+1/b44-29-. The zero-order chi connectivity index (χ0) is 33.5. The maximum atomic E-state index is 6.50. The van der Waals surface area contributed by atoms with Gasteiger partial charge in [-0.3, -0.25) is 4.99 Å². The highest BCUT2D eigenvalue weighted by molar-refractivity contribution is 6.89. The fraction of sp³-hybridized carbons (Fsp3) is 0.279. The molecule has 8 rings (SSSR count). The summed E-state index contributed by atoms with van der Waals surface area (Å²) in [5.41, 5.74) is 16.3. The highest BCUT2D eigenvalue weighted by Gasteiger charge is 2.42. The van der Waals surface area contributed by atoms with E-state index >= 15 is 0 Å². The number of pyridine rings is 2. The Kier molecular flexibility index (Phi) is 7.19. The summed E-state index contributed by atoms with van der Waals surface area (Å²) in [6, 6.07) is 27.2. The Bertz CT molecular complexity index is 2320. The molecule has 2 unspecified atom stereocenters. The highest BCUT2D eigenvalue weighted by atomic mass is 28.3. The number of allylic oxidation sites excluding steroid dienone is 1. The third-order valence-corrected chi connectivity index (χ3v) is 12.7. The van der Waals surface area contributed by atoms with Gasteiger partial charge in [-0.1, -0.05) is 74.8 Å². The van der Waals surface area contributed by atoms with Gasteiger partial charge in [-0.05, 0) is 92.1 Å². The van der Waals surface area contributed by atoms with Crippen molar-refractivity contribution in [2.75, 3.05) is 0 Å². The molecule has 0 bridgehead atoms. The molecule has 0 aliphatic carbocycles. The van der Waals surface area contributed by atoms with Crippen LogP contribution in [0.5, 0.6) is 0 Å². The summed E-state index contributed by atoms with van der Waals surface area (Å²) >= 11 is 0. The van der Waals surface area contributed by atoms with Crippen LogP contribution in [-0.4, -0.2) is 18.8 Å². The molecule has 4 nitrogen and oxygen atoms in total. The van der Waals surface area contributed by atoms with Crippen molar-refractivity contribution in [1.29, 1.82) is 0 Å². The second kappa shape index (κ2) is 11.2. The zero-order valence-electron chi connectivity index (χ0n) is 29.2. The number of hydrogen-bond donors (Lipinski definition) is 0. The molecule has 2 atom stereocenters. The maximum Gasteiger partial charge on any atom is 0.227 e. The molecule has 2 aliphatic heterocycles. The van der Waals surface area contributed by atoms with E-state index in [2.05, 4.69) is 131 Å². The molecule has 6 aromatic rings. The average molecular weight is 647 g/mol. The van der Waals surface area contributed by atoms with Crippen LogP contribution >= 0.6 is 0 Å². The van der Waals surface area contributed by atoms with E-state index < -0.39 is 8.07 Å². The molecule has 0 radical (unpaired) electrons. The Morgan fingerprint density at radius 1 is 0.833 bits per heavy atom. The summed E-state index contributed by atoms with van der Waals surface area (Å²) in [6.45, 7) is 20.7. The molecule has 2 aliphatic rings. The Morgan fingerprint density at radius 3 is 2.35 bits per heavy atom. The predicted molar refractivity (Wildman–Crippen MR) is 202 cm³/mol. The van der Waals surface area contributed by atoms with Gasteiger partial charge in [-0.2, -0.15) is 4.57 Å². The van der Waals surface area contributed by atoms with E-state index in [0.717, 1.165) is 58.3 Å². The Hall–Kier alpha value is -4.61. The number of hydrogen-bond acceptors (Lipinski definition) is 3. The number of aromatic nitrogens is 2. The van der Waals surface area contributed by atoms with Crippen molar-refractivity contribution >= 4 is 41.0 Å². The fourth-order valence-electron chi connectivity index (χ4n) is 8.50. The highest BCUT2D eigenvalue weighted by Crippen LogP contribution is 2.45. The summed E-state index contributed by atoms with van der Waals surface area (Å²) in [7, 11) is -1.76. The minimum Gasteiger partial charge on any atom is -0.437 e. The summed E-state index contributed by atoms with van der Waals surface area (Å²) in [4.78, 5) is 9.95. The van der Waals surface area contributed by atoms with Gasteiger partial charge in [0, 0.05) is 56.2 Å². The van der Waals surface area contributed by atoms with E-state index in [-0.39, 0.29) is 6.04 Å². The van der Waals surface area contributed by atoms with Gasteiger partial charge in [0.2, 0.25) is 11.4 Å². The normalized spacial score (nSPS) is 18.9. The molecule has 48 heavy (non-hydrogen) atoms. The van der Waals surface area contributed by atoms with Crippen molar-refractivity contribution in [3.63, 3.8) is 0 Å². The van der Waals surface area contributed by atoms with E-state index in [0.29, 0.717) is 11.6 Å². The third-order valence-electron chi connectivity index (χ3n) is 10.7. The number of benzene rings is 3. The van der Waals surface area contributed by atoms with E-state index in [1.165, 1.54) is 49.8 Å². The topological polar surface area (TPSA) is 42.3 Å². The van der Waals surface area contributed by atoms with Gasteiger partial charge in [0.25, 0.3) is 0 Å². The number of aliphatic imine (C=N–C) groups is 1. The van der Waals surface area contributed by atoms with Crippen LogP contribution < -0.4 is 9.75 Å². The zero-order valence-corrected chi connectivity index (χ0v) is 30.2. The average Bonchev–Trinajstić information content (AvgIpc) is 3.40. The first kappa shape index (κ1) is 30.7. The molecule has 5 heterocycles. The second-order valence-electron chi connectivity index (χ2n) is 15.1. The molecule has 0 amide bonds. The lowest BCUT2D eigenvalue weighted by Gasteiger charge is -2.33. The van der Waals surface area contributed by atoms with Gasteiger partial charge in [-0.25, -0.2) is 4.98 Å². The monoisotopic (exact) mass is 646 g/mol. The minimum absolute atomic E-state index is 0.213. The minimum atomic E-state index is -1.76. The van der Waals surface area contributed by atoms with Crippen molar-refractivity contribution in [1.82, 2.24) is 4.98 Å². The van der Waals surface area contributed by atoms with Crippen molar-refractivity contribution in [2.45, 2.75) is 78.6 Å². The largest absolute Gasteiger partial charge is 0.437 e. The van der Waals surface area contributed by atoms with Crippen molar-refractivity contribution < 1.29 is 8.98 Å². The number of rotatable bonds is 2. The van der Waals surface area contributed by atoms with E-state index in [9.17, 15) is 0 Å². The van der Waals surface area contributed by atoms with Gasteiger partial charge in [0.1, 0.15) is 5.58 Å². The van der Waals surface area contributed by atoms with Crippen LogP contribution in [0.15, 0.2) is 101 Å². The van der Waals surface area contributed by atoms with Crippen LogP contribution in [0.3, 0.4) is 0 Å². The Morgan fingerprint density at radius 2 is 1.58 bits per heavy atom. The van der Waals surface area contributed by atoms with Gasteiger partial charge < -0.3 is 4.42 Å². The predicted octanol–water partition coefficient (Wildman–Crippen LogP) is 10.1. The summed E-state index contributed by atoms with van der Waals surface area (Å²) < 4.78 is 9.12. The first-order valence-corrected chi connectivity index (χ1v) is 20.8. The van der Waals surface area contributed by atoms with E-state index in [1.807, 2.05) is 6.92 Å². The first-order valence-electron chi connectivity index (χ1n) is 17.3. The molecule has 0 N–H and O–H groups in total. The second-order valence-corrected chi connectivity index (χ2v) is 20.1. The molecule has 0 spiro atoms. The molecule has 0 saturated heterocycles. The van der Waals surface area contributed by atoms with Crippen LogP contribution in [0, 0.1) is 20.8 Å². The molecule has 240 valence electrons. The Labute approximate surface area is 284 Å². The molecule has 0 fully saturated rings. The van der Waals surface area contributed by atoms with Crippen LogP contribution in [0.1, 0.15) is 65.2 Å². The number of furan rings is 1. The number of aryl methyl sites for hydroxylation is 4. The molecule has 0 saturated carbocycles. The molecular weight excluding hydrogens is 603 g/mol. The SMILES string of the molecule is C=C1CC2C(CCc3ccc4c(oc5nc(C)ccc54)c3/C(C)=N\1)c1ccccc1-c1cc(-c3c(C)cccc3C)c([Si](C)(C)C)c[n+]12. The van der Waals surface area contributed by atoms with Crippen LogP contribution in [0.4, 0.5) is 0 Å². The quantitative estimate of drug-likeness (QED) is 0.139. The molecule has 5 heteroatoms. The lowest BCUT2D eigenvalue weighted by atomic mass is 9.77. The van der Waals surface area contributed by atoms with Crippen molar-refractivity contribution in [3.05, 3.63) is 125 Å². The smallest absolute Gasteiger partial charge is 0.227 e. The van der Waals surface area contributed by atoms with Crippen LogP contribution in [0.2, 0.25) is 19.6 Å². The molecule has 3 aromatic heterocycles. The third kappa shape index (κ3) is 4.90. The lowest BCUT2D eigenvalue weighted by Crippen LogP contribution is -2.53. The van der Waals surface area contributed by atoms with Crippen LogP contribution in [0.25, 0.3) is 44.5 Å². The number of nitrogens with zero attached hydrogens (tertiary/aromatic N) is 3. The molecule has 3 aromatic carbocycles. The van der Waals surface area contributed by atoms with Crippen molar-refractivity contribution in [3.8, 4) is 22.4 Å². The number of fused-ring (bicyclic) bond motifs is 11. The van der Waals surface area contributed by atoms with E-state index in [4.69, 9.17) is 14.4 Å². The van der Waals surface area contributed by atoms with Gasteiger partial charge in [-0.15, -0.1) is 0 Å². The molecular formula is C43H44N3OSi+. The fourth-order valence-corrected chi connectivity index (χ4v) is 10.0. The van der Waals surface area contributed by atoms with Gasteiger partial charge >= 0.3 is 0 Å². The summed E-state index contributed by atoms with van der Waals surface area (Å²) in [5.74, 6) is 0.313. The summed E-state index contributed by atoms with van der Waals surface area (Å²) in [6.07, 6.45) is 5.27. The van der Waals surface area contributed by atoms with E-state index in [1.54, 1.807) is 0 Å². The van der Waals surface area contributed by atoms with Crippen molar-refractivity contribution in [2.24, 2.45) is 4.99 Å². The van der Waals surface area contributed by atoms with Gasteiger partial charge in [0.15, 0.2) is 12.2 Å². The summed E-state index contributed by atoms with van der Waals surface area (Å²) in [5, 5.41) is 3.65. The first-order chi connectivity index (χ1) is 23.0. The lowest BCUT2D eigenvalue weighted by molar-refractivity contribution is -0.717. The van der Waals surface area contributed by atoms with Gasteiger partial charge in [0.05, 0.1) is 14.5 Å². The maximum absolute atomic E-state index is 6.50. The Balaban J connectivity index is 1.33. The van der Waals surface area contributed by atoms with Crippen LogP contribution in [-0.2, 0) is 6.42 Å².